The van der Waals surface area contributed by atoms with Crippen LogP contribution in [0.4, 0.5) is 5.69 Å². The van der Waals surface area contributed by atoms with Crippen molar-refractivity contribution in [1.82, 2.24) is 14.8 Å². The van der Waals surface area contributed by atoms with Crippen molar-refractivity contribution in [2.45, 2.75) is 6.54 Å². The fraction of sp³-hybridized carbons (Fsp3) is 0.0400. The maximum Gasteiger partial charge on any atom is 0.276 e. The van der Waals surface area contributed by atoms with Crippen LogP contribution in [-0.4, -0.2) is 20.7 Å². The Balaban J connectivity index is 1.49. The van der Waals surface area contributed by atoms with Gasteiger partial charge < -0.3 is 9.73 Å². The smallest absolute Gasteiger partial charge is 0.276 e. The monoisotopic (exact) mass is 422 g/mol. The summed E-state index contributed by atoms with van der Waals surface area (Å²) in [6.45, 7) is 0.274. The predicted octanol–water partition coefficient (Wildman–Crippen LogP) is 4.35. The van der Waals surface area contributed by atoms with Crippen molar-refractivity contribution in [3.63, 3.8) is 0 Å². The van der Waals surface area contributed by atoms with E-state index in [0.29, 0.717) is 22.2 Å². The summed E-state index contributed by atoms with van der Waals surface area (Å²) in [4.78, 5) is 30.0. The number of rotatable bonds is 5. The summed E-state index contributed by atoms with van der Waals surface area (Å²) in [5.41, 5.74) is 2.32. The highest BCUT2D eigenvalue weighted by molar-refractivity contribution is 6.11. The zero-order valence-corrected chi connectivity index (χ0v) is 16.9. The van der Waals surface area contributed by atoms with Crippen molar-refractivity contribution in [2.75, 3.05) is 5.32 Å². The molecule has 1 amide bonds. The van der Waals surface area contributed by atoms with Crippen LogP contribution < -0.4 is 10.9 Å². The fourth-order valence-electron chi connectivity index (χ4n) is 3.53. The van der Waals surface area contributed by atoms with Gasteiger partial charge in [0.25, 0.3) is 11.5 Å². The van der Waals surface area contributed by atoms with Gasteiger partial charge in [0.05, 0.1) is 18.1 Å². The number of hydrogen-bond donors (Lipinski definition) is 1. The molecule has 156 valence electrons. The predicted molar refractivity (Wildman–Crippen MR) is 121 cm³/mol. The number of fused-ring (bicyclic) bond motifs is 1. The molecule has 0 aliphatic heterocycles. The SMILES string of the molecule is O=C(Nc1ccc(-c2cnco2)cc1)c1nn(Cc2ccccc2)c(=O)c2ccccc12. The van der Waals surface area contributed by atoms with E-state index in [4.69, 9.17) is 4.42 Å². The van der Waals surface area contributed by atoms with Crippen LogP contribution >= 0.6 is 0 Å². The maximum absolute atomic E-state index is 13.1. The third-order valence-electron chi connectivity index (χ3n) is 5.12. The van der Waals surface area contributed by atoms with E-state index in [-0.39, 0.29) is 17.8 Å². The van der Waals surface area contributed by atoms with Crippen LogP contribution in [0, 0.1) is 0 Å². The molecule has 0 bridgehead atoms. The second-order valence-electron chi connectivity index (χ2n) is 7.24. The molecule has 0 spiro atoms. The first-order valence-corrected chi connectivity index (χ1v) is 10.0. The summed E-state index contributed by atoms with van der Waals surface area (Å²) in [7, 11) is 0. The molecule has 2 heterocycles. The van der Waals surface area contributed by atoms with Gasteiger partial charge in [0.2, 0.25) is 0 Å². The lowest BCUT2D eigenvalue weighted by molar-refractivity contribution is 0.102. The van der Waals surface area contributed by atoms with E-state index in [1.165, 1.54) is 11.1 Å². The van der Waals surface area contributed by atoms with E-state index in [1.807, 2.05) is 42.5 Å². The number of carbonyl (C=O) groups excluding carboxylic acids is 1. The summed E-state index contributed by atoms with van der Waals surface area (Å²) in [6.07, 6.45) is 2.99. The van der Waals surface area contributed by atoms with Gasteiger partial charge in [-0.15, -0.1) is 0 Å². The molecule has 0 saturated heterocycles. The highest BCUT2D eigenvalue weighted by atomic mass is 16.3. The average Bonchev–Trinajstić information content (AvgIpc) is 3.37. The summed E-state index contributed by atoms with van der Waals surface area (Å²) in [5, 5.41) is 8.25. The van der Waals surface area contributed by atoms with Crippen molar-refractivity contribution in [2.24, 2.45) is 0 Å². The van der Waals surface area contributed by atoms with Crippen LogP contribution in [0.2, 0.25) is 0 Å². The Kier molecular flexibility index (Phi) is 5.05. The van der Waals surface area contributed by atoms with E-state index < -0.39 is 5.91 Å². The Bertz CT molecular complexity index is 1440. The van der Waals surface area contributed by atoms with Gasteiger partial charge in [-0.25, -0.2) is 9.67 Å². The first-order valence-electron chi connectivity index (χ1n) is 10.0. The maximum atomic E-state index is 13.1. The highest BCUT2D eigenvalue weighted by Crippen LogP contribution is 2.22. The van der Waals surface area contributed by atoms with Gasteiger partial charge >= 0.3 is 0 Å². The second kappa shape index (κ2) is 8.31. The van der Waals surface area contributed by atoms with Crippen LogP contribution in [0.1, 0.15) is 16.1 Å². The lowest BCUT2D eigenvalue weighted by Gasteiger charge is -2.12. The number of nitrogens with zero attached hydrogens (tertiary/aromatic N) is 3. The molecule has 0 unspecified atom stereocenters. The topological polar surface area (TPSA) is 90.0 Å². The Hall–Kier alpha value is -4.52. The number of anilines is 1. The second-order valence-corrected chi connectivity index (χ2v) is 7.24. The van der Waals surface area contributed by atoms with E-state index >= 15 is 0 Å². The highest BCUT2D eigenvalue weighted by Gasteiger charge is 2.17. The molecule has 7 nitrogen and oxygen atoms in total. The Morgan fingerprint density at radius 2 is 1.62 bits per heavy atom. The molecule has 2 aromatic heterocycles. The molecule has 0 fully saturated rings. The van der Waals surface area contributed by atoms with Gasteiger partial charge in [0.1, 0.15) is 0 Å². The average molecular weight is 422 g/mol. The summed E-state index contributed by atoms with van der Waals surface area (Å²) in [6, 6.07) is 23.8. The molecular weight excluding hydrogens is 404 g/mol. The molecule has 0 saturated carbocycles. The number of carbonyl (C=O) groups is 1. The van der Waals surface area contributed by atoms with Gasteiger partial charge in [-0.2, -0.15) is 5.10 Å². The molecular formula is C25H18N4O3. The Labute approximate surface area is 183 Å². The van der Waals surface area contributed by atoms with E-state index in [9.17, 15) is 9.59 Å². The number of nitrogens with one attached hydrogen (secondary N) is 1. The summed E-state index contributed by atoms with van der Waals surface area (Å²) in [5.74, 6) is 0.249. The summed E-state index contributed by atoms with van der Waals surface area (Å²) >= 11 is 0. The first kappa shape index (κ1) is 19.4. The van der Waals surface area contributed by atoms with Crippen molar-refractivity contribution < 1.29 is 9.21 Å². The molecule has 1 N–H and O–H groups in total. The molecule has 0 aliphatic rings. The van der Waals surface area contributed by atoms with E-state index in [0.717, 1.165) is 11.1 Å². The molecule has 5 rings (SSSR count). The third kappa shape index (κ3) is 3.79. The van der Waals surface area contributed by atoms with Crippen LogP contribution in [0.5, 0.6) is 0 Å². The minimum absolute atomic E-state index is 0.190. The number of benzene rings is 3. The van der Waals surface area contributed by atoms with E-state index in [2.05, 4.69) is 15.4 Å². The normalized spacial score (nSPS) is 10.9. The Morgan fingerprint density at radius 1 is 0.906 bits per heavy atom. The zero-order valence-electron chi connectivity index (χ0n) is 16.9. The minimum Gasteiger partial charge on any atom is -0.444 e. The van der Waals surface area contributed by atoms with Crippen LogP contribution in [0.3, 0.4) is 0 Å². The Morgan fingerprint density at radius 3 is 2.34 bits per heavy atom. The number of hydrogen-bond acceptors (Lipinski definition) is 5. The van der Waals surface area contributed by atoms with Gasteiger partial charge in [-0.3, -0.25) is 9.59 Å². The van der Waals surface area contributed by atoms with Crippen LogP contribution in [-0.2, 0) is 6.54 Å². The number of amides is 1. The number of aromatic nitrogens is 3. The molecule has 7 heteroatoms. The molecule has 0 aliphatic carbocycles. The standard InChI is InChI=1S/C25H18N4O3/c30-24(27-19-12-10-18(11-13-19)22-14-26-16-32-22)23-20-8-4-5-9-21(20)25(31)29(28-23)15-17-6-2-1-3-7-17/h1-14,16H,15H2,(H,27,30). The minimum atomic E-state index is -0.393. The van der Waals surface area contributed by atoms with Crippen molar-refractivity contribution in [1.29, 1.82) is 0 Å². The molecule has 0 atom stereocenters. The lowest BCUT2D eigenvalue weighted by Crippen LogP contribution is -2.28. The van der Waals surface area contributed by atoms with Gasteiger partial charge in [-0.1, -0.05) is 48.5 Å². The van der Waals surface area contributed by atoms with Crippen LogP contribution in [0.25, 0.3) is 22.1 Å². The van der Waals surface area contributed by atoms with E-state index in [1.54, 1.807) is 42.6 Å². The van der Waals surface area contributed by atoms with Gasteiger partial charge in [0.15, 0.2) is 17.8 Å². The molecule has 3 aromatic carbocycles. The largest absolute Gasteiger partial charge is 0.444 e. The number of oxazole rings is 1. The molecule has 5 aromatic rings. The summed E-state index contributed by atoms with van der Waals surface area (Å²) < 4.78 is 6.62. The van der Waals surface area contributed by atoms with Gasteiger partial charge in [-0.05, 0) is 35.9 Å². The van der Waals surface area contributed by atoms with Crippen LogP contribution in [0.15, 0.2) is 101 Å². The quantitative estimate of drug-likeness (QED) is 0.455. The van der Waals surface area contributed by atoms with Crippen molar-refractivity contribution >= 4 is 22.4 Å². The molecule has 0 radical (unpaired) electrons. The van der Waals surface area contributed by atoms with Crippen molar-refractivity contribution in [3.8, 4) is 11.3 Å². The fourth-order valence-corrected chi connectivity index (χ4v) is 3.53. The third-order valence-corrected chi connectivity index (χ3v) is 5.12. The van der Waals surface area contributed by atoms with Gasteiger partial charge in [0, 0.05) is 16.6 Å². The van der Waals surface area contributed by atoms with Crippen molar-refractivity contribution in [3.05, 3.63) is 113 Å². The molecule has 32 heavy (non-hydrogen) atoms. The zero-order chi connectivity index (χ0) is 21.9. The lowest BCUT2D eigenvalue weighted by atomic mass is 10.1. The first-order chi connectivity index (χ1) is 15.7.